The topological polar surface area (TPSA) is 125 Å². The smallest absolute Gasteiger partial charge is 0.256 e. The third kappa shape index (κ3) is 5.11. The Kier molecular flexibility index (Phi) is 6.25. The monoisotopic (exact) mass is 463 g/mol. The van der Waals surface area contributed by atoms with Crippen LogP contribution in [0.25, 0.3) is 22.8 Å². The number of nitrogens with one attached hydrogen (secondary N) is 1. The zero-order valence-corrected chi connectivity index (χ0v) is 18.5. The molecule has 0 fully saturated rings. The molecule has 0 saturated carbocycles. The van der Waals surface area contributed by atoms with Gasteiger partial charge in [-0.3, -0.25) is 4.79 Å². The van der Waals surface area contributed by atoms with Crippen LogP contribution in [0.1, 0.15) is 17.3 Å². The Bertz CT molecular complexity index is 1380. The molecule has 0 bridgehead atoms. The lowest BCUT2D eigenvalue weighted by molar-refractivity contribution is 0.102. The van der Waals surface area contributed by atoms with Gasteiger partial charge >= 0.3 is 0 Å². The summed E-state index contributed by atoms with van der Waals surface area (Å²) in [6.07, 6.45) is 1.60. The predicted octanol–water partition coefficient (Wildman–Crippen LogP) is 4.31. The van der Waals surface area contributed by atoms with Crippen LogP contribution in [0.5, 0.6) is 5.75 Å². The number of sulfonamides is 1. The van der Waals surface area contributed by atoms with E-state index in [0.29, 0.717) is 35.1 Å². The molecule has 4 rings (SSSR count). The van der Waals surface area contributed by atoms with Gasteiger partial charge in [-0.1, -0.05) is 12.1 Å². The van der Waals surface area contributed by atoms with E-state index in [1.807, 2.05) is 31.2 Å². The van der Waals surface area contributed by atoms with Crippen LogP contribution >= 0.6 is 0 Å². The van der Waals surface area contributed by atoms with E-state index in [-0.39, 0.29) is 4.90 Å². The van der Waals surface area contributed by atoms with Crippen molar-refractivity contribution in [3.63, 3.8) is 0 Å². The van der Waals surface area contributed by atoms with E-state index in [4.69, 9.17) is 14.3 Å². The van der Waals surface area contributed by atoms with Crippen LogP contribution in [0.4, 0.5) is 5.69 Å². The lowest BCUT2D eigenvalue weighted by Gasteiger charge is -2.09. The molecule has 0 spiro atoms. The maximum absolute atomic E-state index is 12.9. The number of nitrogens with zero attached hydrogens (tertiary/aromatic N) is 1. The second-order valence-corrected chi connectivity index (χ2v) is 8.62. The first-order valence-electron chi connectivity index (χ1n) is 10.1. The SMILES string of the molecule is CCOc1ccc(-c2cnc(-c3ccccc3C(=O)Nc3ccc(S(N)(=O)=O)cc3)o2)cc1. The molecule has 0 aliphatic carbocycles. The first-order chi connectivity index (χ1) is 15.8. The molecule has 4 aromatic rings. The maximum Gasteiger partial charge on any atom is 0.256 e. The molecule has 33 heavy (non-hydrogen) atoms. The summed E-state index contributed by atoms with van der Waals surface area (Å²) >= 11 is 0. The van der Waals surface area contributed by atoms with E-state index in [0.717, 1.165) is 11.3 Å². The summed E-state index contributed by atoms with van der Waals surface area (Å²) in [4.78, 5) is 17.2. The second-order valence-electron chi connectivity index (χ2n) is 7.06. The number of nitrogens with two attached hydrogens (primary N) is 1. The van der Waals surface area contributed by atoms with Gasteiger partial charge in [0.2, 0.25) is 15.9 Å². The van der Waals surface area contributed by atoms with Gasteiger partial charge in [0.15, 0.2) is 5.76 Å². The molecule has 0 aliphatic heterocycles. The number of oxazole rings is 1. The average Bonchev–Trinajstić information content (AvgIpc) is 3.30. The molecule has 8 nitrogen and oxygen atoms in total. The summed E-state index contributed by atoms with van der Waals surface area (Å²) in [6, 6.07) is 20.0. The Morgan fingerprint density at radius 2 is 1.73 bits per heavy atom. The Morgan fingerprint density at radius 3 is 2.39 bits per heavy atom. The number of ether oxygens (including phenoxy) is 1. The number of hydrogen-bond acceptors (Lipinski definition) is 6. The fraction of sp³-hybridized carbons (Fsp3) is 0.0833. The number of aromatic nitrogens is 1. The van der Waals surface area contributed by atoms with E-state index >= 15 is 0 Å². The minimum absolute atomic E-state index is 0.0393. The molecule has 3 aromatic carbocycles. The van der Waals surface area contributed by atoms with E-state index in [1.165, 1.54) is 24.3 Å². The van der Waals surface area contributed by atoms with Gasteiger partial charge in [0, 0.05) is 16.8 Å². The maximum atomic E-state index is 12.9. The highest BCUT2D eigenvalue weighted by molar-refractivity contribution is 7.89. The third-order valence-corrected chi connectivity index (χ3v) is 5.73. The Balaban J connectivity index is 1.57. The lowest BCUT2D eigenvalue weighted by atomic mass is 10.1. The summed E-state index contributed by atoms with van der Waals surface area (Å²) in [7, 11) is -3.81. The van der Waals surface area contributed by atoms with Gasteiger partial charge in [-0.05, 0) is 67.6 Å². The van der Waals surface area contributed by atoms with Crippen molar-refractivity contribution in [2.75, 3.05) is 11.9 Å². The zero-order chi connectivity index (χ0) is 23.4. The van der Waals surface area contributed by atoms with E-state index in [9.17, 15) is 13.2 Å². The van der Waals surface area contributed by atoms with E-state index < -0.39 is 15.9 Å². The molecule has 1 aromatic heterocycles. The summed E-state index contributed by atoms with van der Waals surface area (Å²) in [5.74, 6) is 1.23. The van der Waals surface area contributed by atoms with E-state index in [2.05, 4.69) is 10.3 Å². The van der Waals surface area contributed by atoms with Gasteiger partial charge in [0.25, 0.3) is 5.91 Å². The van der Waals surface area contributed by atoms with Crippen molar-refractivity contribution in [1.29, 1.82) is 0 Å². The second kappa shape index (κ2) is 9.27. The van der Waals surface area contributed by atoms with Crippen LogP contribution in [-0.4, -0.2) is 25.9 Å². The minimum Gasteiger partial charge on any atom is -0.494 e. The van der Waals surface area contributed by atoms with Crippen LogP contribution in [0.3, 0.4) is 0 Å². The van der Waals surface area contributed by atoms with Crippen molar-refractivity contribution in [2.24, 2.45) is 5.14 Å². The molecule has 0 aliphatic rings. The van der Waals surface area contributed by atoms with Crippen LogP contribution in [0.15, 0.2) is 88.3 Å². The highest BCUT2D eigenvalue weighted by Gasteiger charge is 2.17. The number of amides is 1. The van der Waals surface area contributed by atoms with Crippen molar-refractivity contribution in [3.8, 4) is 28.5 Å². The number of primary sulfonamides is 1. The van der Waals surface area contributed by atoms with Crippen molar-refractivity contribution in [2.45, 2.75) is 11.8 Å². The molecule has 9 heteroatoms. The highest BCUT2D eigenvalue weighted by atomic mass is 32.2. The Morgan fingerprint density at radius 1 is 1.03 bits per heavy atom. The number of anilines is 1. The van der Waals surface area contributed by atoms with Crippen molar-refractivity contribution < 1.29 is 22.4 Å². The van der Waals surface area contributed by atoms with Crippen molar-refractivity contribution in [1.82, 2.24) is 4.98 Å². The van der Waals surface area contributed by atoms with Gasteiger partial charge in [-0.2, -0.15) is 0 Å². The molecule has 0 radical (unpaired) electrons. The molecular formula is C24H21N3O5S. The fourth-order valence-corrected chi connectivity index (χ4v) is 3.72. The molecular weight excluding hydrogens is 442 g/mol. The van der Waals surface area contributed by atoms with Crippen molar-refractivity contribution >= 4 is 21.6 Å². The molecule has 1 amide bonds. The summed E-state index contributed by atoms with van der Waals surface area (Å²) < 4.78 is 34.2. The van der Waals surface area contributed by atoms with Crippen LogP contribution in [0, 0.1) is 0 Å². The molecule has 0 unspecified atom stereocenters. The van der Waals surface area contributed by atoms with Crippen LogP contribution in [-0.2, 0) is 10.0 Å². The highest BCUT2D eigenvalue weighted by Crippen LogP contribution is 2.29. The standard InChI is InChI=1S/C24H21N3O5S/c1-2-31-18-11-7-16(8-12-18)22-15-26-24(32-22)21-6-4-3-5-20(21)23(28)27-17-9-13-19(14-10-17)33(25,29)30/h3-15H,2H2,1H3,(H,27,28)(H2,25,29,30). The molecule has 0 saturated heterocycles. The third-order valence-electron chi connectivity index (χ3n) is 4.80. The number of carbonyl (C=O) groups excluding carboxylic acids is 1. The van der Waals surface area contributed by atoms with Crippen LogP contribution in [0.2, 0.25) is 0 Å². The lowest BCUT2D eigenvalue weighted by Crippen LogP contribution is -2.14. The molecule has 168 valence electrons. The molecule has 0 atom stereocenters. The van der Waals surface area contributed by atoms with Gasteiger partial charge in [0.05, 0.1) is 23.3 Å². The normalized spacial score (nSPS) is 11.2. The van der Waals surface area contributed by atoms with Gasteiger partial charge < -0.3 is 14.5 Å². The summed E-state index contributed by atoms with van der Waals surface area (Å²) in [5, 5.41) is 7.86. The zero-order valence-electron chi connectivity index (χ0n) is 17.7. The quantitative estimate of drug-likeness (QED) is 0.421. The Hall–Kier alpha value is -3.95. The fourth-order valence-electron chi connectivity index (χ4n) is 3.21. The van der Waals surface area contributed by atoms with E-state index in [1.54, 1.807) is 30.5 Å². The first-order valence-corrected chi connectivity index (χ1v) is 11.6. The summed E-state index contributed by atoms with van der Waals surface area (Å²) in [5.41, 5.74) is 2.13. The first kappa shape index (κ1) is 22.3. The number of benzene rings is 3. The predicted molar refractivity (Wildman–Crippen MR) is 124 cm³/mol. The number of rotatable bonds is 7. The van der Waals surface area contributed by atoms with Gasteiger partial charge in [0.1, 0.15) is 5.75 Å². The van der Waals surface area contributed by atoms with Crippen molar-refractivity contribution in [3.05, 3.63) is 84.6 Å². The minimum atomic E-state index is -3.81. The average molecular weight is 464 g/mol. The Labute approximate surface area is 191 Å². The molecule has 1 heterocycles. The number of carbonyl (C=O) groups is 1. The van der Waals surface area contributed by atoms with Gasteiger partial charge in [-0.25, -0.2) is 18.5 Å². The van der Waals surface area contributed by atoms with Crippen LogP contribution < -0.4 is 15.2 Å². The molecule has 3 N–H and O–H groups in total. The summed E-state index contributed by atoms with van der Waals surface area (Å²) in [6.45, 7) is 2.50. The van der Waals surface area contributed by atoms with Gasteiger partial charge in [-0.15, -0.1) is 0 Å². The largest absolute Gasteiger partial charge is 0.494 e. The number of hydrogen-bond donors (Lipinski definition) is 2.